The average Bonchev–Trinajstić information content (AvgIpc) is 2.29. The van der Waals surface area contributed by atoms with E-state index >= 15 is 0 Å². The number of anilines is 1. The van der Waals surface area contributed by atoms with Crippen molar-refractivity contribution in [3.63, 3.8) is 0 Å². The summed E-state index contributed by atoms with van der Waals surface area (Å²) in [5.41, 5.74) is 8.57. The Morgan fingerprint density at radius 3 is 2.47 bits per heavy atom. The number of nitrogens with two attached hydrogens (primary N) is 1. The molecule has 3 nitrogen and oxygen atoms in total. The Morgan fingerprint density at radius 2 is 1.88 bits per heavy atom. The standard InChI is InChI=1S/C13H13BrN2O/c1-8-5-10(6-9(2)13(8)14)17-12-3-4-16-7-11(12)15/h3-7H,15H2,1-2H3. The molecular weight excluding hydrogens is 280 g/mol. The minimum absolute atomic E-state index is 0.533. The van der Waals surface area contributed by atoms with Gasteiger partial charge in [0.2, 0.25) is 0 Å². The third-order valence-electron chi connectivity index (χ3n) is 2.45. The van der Waals surface area contributed by atoms with Gasteiger partial charge in [0.1, 0.15) is 5.75 Å². The predicted molar refractivity (Wildman–Crippen MR) is 72.3 cm³/mol. The van der Waals surface area contributed by atoms with Crippen LogP contribution in [0, 0.1) is 13.8 Å². The molecule has 0 radical (unpaired) electrons. The number of benzene rings is 1. The molecule has 0 saturated carbocycles. The second-order valence-electron chi connectivity index (χ2n) is 3.89. The summed E-state index contributed by atoms with van der Waals surface area (Å²) >= 11 is 3.52. The number of aromatic nitrogens is 1. The Kier molecular flexibility index (Phi) is 3.33. The van der Waals surface area contributed by atoms with E-state index in [4.69, 9.17) is 10.5 Å². The van der Waals surface area contributed by atoms with E-state index in [2.05, 4.69) is 20.9 Å². The number of rotatable bonds is 2. The number of hydrogen-bond donors (Lipinski definition) is 1. The molecule has 0 aliphatic heterocycles. The van der Waals surface area contributed by atoms with Gasteiger partial charge in [-0.25, -0.2) is 0 Å². The molecule has 0 spiro atoms. The Labute approximate surface area is 109 Å². The average molecular weight is 293 g/mol. The fraction of sp³-hybridized carbons (Fsp3) is 0.154. The maximum atomic E-state index is 5.78. The van der Waals surface area contributed by atoms with Crippen LogP contribution in [0.4, 0.5) is 5.69 Å². The van der Waals surface area contributed by atoms with Gasteiger partial charge in [0.25, 0.3) is 0 Å². The van der Waals surface area contributed by atoms with Crippen LogP contribution in [0.3, 0.4) is 0 Å². The van der Waals surface area contributed by atoms with Crippen LogP contribution in [0.1, 0.15) is 11.1 Å². The summed E-state index contributed by atoms with van der Waals surface area (Å²) in [7, 11) is 0. The highest BCUT2D eigenvalue weighted by Crippen LogP contribution is 2.31. The lowest BCUT2D eigenvalue weighted by Crippen LogP contribution is -1.93. The summed E-state index contributed by atoms with van der Waals surface area (Å²) in [4.78, 5) is 3.92. The molecule has 1 aromatic carbocycles. The minimum atomic E-state index is 0.533. The monoisotopic (exact) mass is 292 g/mol. The first kappa shape index (κ1) is 11.9. The van der Waals surface area contributed by atoms with Gasteiger partial charge >= 0.3 is 0 Å². The van der Waals surface area contributed by atoms with Gasteiger partial charge in [0.15, 0.2) is 5.75 Å². The lowest BCUT2D eigenvalue weighted by Gasteiger charge is -2.10. The van der Waals surface area contributed by atoms with Crippen LogP contribution < -0.4 is 10.5 Å². The first-order chi connectivity index (χ1) is 8.08. The summed E-state index contributed by atoms with van der Waals surface area (Å²) in [6.07, 6.45) is 3.23. The van der Waals surface area contributed by atoms with Gasteiger partial charge in [0, 0.05) is 16.7 Å². The molecule has 88 valence electrons. The largest absolute Gasteiger partial charge is 0.455 e. The van der Waals surface area contributed by atoms with Crippen LogP contribution in [-0.4, -0.2) is 4.98 Å². The van der Waals surface area contributed by atoms with Crippen LogP contribution in [0.2, 0.25) is 0 Å². The van der Waals surface area contributed by atoms with E-state index in [0.29, 0.717) is 11.4 Å². The zero-order chi connectivity index (χ0) is 12.4. The number of hydrogen-bond acceptors (Lipinski definition) is 3. The van der Waals surface area contributed by atoms with E-state index < -0.39 is 0 Å². The topological polar surface area (TPSA) is 48.1 Å². The molecule has 0 aliphatic carbocycles. The van der Waals surface area contributed by atoms with Crippen molar-refractivity contribution in [2.45, 2.75) is 13.8 Å². The molecular formula is C13H13BrN2O. The van der Waals surface area contributed by atoms with Crippen molar-refractivity contribution in [2.75, 3.05) is 5.73 Å². The Hall–Kier alpha value is -1.55. The number of nitrogen functional groups attached to an aromatic ring is 1. The van der Waals surface area contributed by atoms with E-state index in [1.807, 2.05) is 26.0 Å². The zero-order valence-electron chi connectivity index (χ0n) is 9.70. The smallest absolute Gasteiger partial charge is 0.153 e. The number of nitrogens with zero attached hydrogens (tertiary/aromatic N) is 1. The van der Waals surface area contributed by atoms with Crippen LogP contribution in [-0.2, 0) is 0 Å². The molecule has 1 aromatic heterocycles. The minimum Gasteiger partial charge on any atom is -0.455 e. The third kappa shape index (κ3) is 2.58. The van der Waals surface area contributed by atoms with E-state index in [1.165, 1.54) is 0 Å². The van der Waals surface area contributed by atoms with E-state index in [1.54, 1.807) is 18.5 Å². The van der Waals surface area contributed by atoms with E-state index in [0.717, 1.165) is 21.3 Å². The van der Waals surface area contributed by atoms with Gasteiger partial charge in [-0.2, -0.15) is 0 Å². The fourth-order valence-corrected chi connectivity index (χ4v) is 1.81. The molecule has 2 rings (SSSR count). The molecule has 4 heteroatoms. The van der Waals surface area contributed by atoms with Crippen LogP contribution in [0.25, 0.3) is 0 Å². The second kappa shape index (κ2) is 4.75. The number of ether oxygens (including phenoxy) is 1. The van der Waals surface area contributed by atoms with Crippen molar-refractivity contribution in [3.05, 3.63) is 46.2 Å². The molecule has 0 unspecified atom stereocenters. The normalized spacial score (nSPS) is 10.3. The Bertz CT molecular complexity index is 532. The maximum Gasteiger partial charge on any atom is 0.153 e. The van der Waals surface area contributed by atoms with Crippen molar-refractivity contribution in [1.29, 1.82) is 0 Å². The quantitative estimate of drug-likeness (QED) is 0.915. The van der Waals surface area contributed by atoms with Gasteiger partial charge in [0.05, 0.1) is 11.9 Å². The van der Waals surface area contributed by atoms with Gasteiger partial charge < -0.3 is 10.5 Å². The van der Waals surface area contributed by atoms with Crippen molar-refractivity contribution < 1.29 is 4.74 Å². The molecule has 2 N–H and O–H groups in total. The Morgan fingerprint density at radius 1 is 1.24 bits per heavy atom. The lowest BCUT2D eigenvalue weighted by atomic mass is 10.1. The first-order valence-electron chi connectivity index (χ1n) is 5.22. The molecule has 2 aromatic rings. The number of aryl methyl sites for hydroxylation is 2. The van der Waals surface area contributed by atoms with Gasteiger partial charge in [-0.15, -0.1) is 0 Å². The molecule has 0 atom stereocenters. The molecule has 0 aliphatic rings. The summed E-state index contributed by atoms with van der Waals surface area (Å²) in [6.45, 7) is 4.06. The summed E-state index contributed by atoms with van der Waals surface area (Å²) in [6, 6.07) is 5.69. The highest BCUT2D eigenvalue weighted by molar-refractivity contribution is 9.10. The van der Waals surface area contributed by atoms with Crippen molar-refractivity contribution in [1.82, 2.24) is 4.98 Å². The van der Waals surface area contributed by atoms with Crippen LogP contribution in [0.5, 0.6) is 11.5 Å². The summed E-state index contributed by atoms with van der Waals surface area (Å²) in [5.74, 6) is 1.40. The molecule has 0 saturated heterocycles. The third-order valence-corrected chi connectivity index (χ3v) is 3.70. The van der Waals surface area contributed by atoms with Crippen LogP contribution >= 0.6 is 15.9 Å². The fourth-order valence-electron chi connectivity index (χ4n) is 1.58. The molecule has 17 heavy (non-hydrogen) atoms. The Balaban J connectivity index is 2.34. The van der Waals surface area contributed by atoms with Crippen molar-refractivity contribution in [3.8, 4) is 11.5 Å². The van der Waals surface area contributed by atoms with Crippen LogP contribution in [0.15, 0.2) is 35.1 Å². The predicted octanol–water partition coefficient (Wildman–Crippen LogP) is 3.84. The highest BCUT2D eigenvalue weighted by atomic mass is 79.9. The summed E-state index contributed by atoms with van der Waals surface area (Å²) < 4.78 is 6.84. The maximum absolute atomic E-state index is 5.78. The van der Waals surface area contributed by atoms with Crippen molar-refractivity contribution >= 4 is 21.6 Å². The SMILES string of the molecule is Cc1cc(Oc2ccncc2N)cc(C)c1Br. The van der Waals surface area contributed by atoms with Gasteiger partial charge in [-0.05, 0) is 37.1 Å². The first-order valence-corrected chi connectivity index (χ1v) is 6.01. The molecule has 0 fully saturated rings. The zero-order valence-corrected chi connectivity index (χ0v) is 11.3. The molecule has 0 bridgehead atoms. The van der Waals surface area contributed by atoms with Gasteiger partial charge in [-0.3, -0.25) is 4.98 Å². The highest BCUT2D eigenvalue weighted by Gasteiger charge is 2.06. The lowest BCUT2D eigenvalue weighted by molar-refractivity contribution is 0.483. The number of halogens is 1. The molecule has 1 heterocycles. The number of pyridine rings is 1. The van der Waals surface area contributed by atoms with Crippen molar-refractivity contribution in [2.24, 2.45) is 0 Å². The van der Waals surface area contributed by atoms with E-state index in [-0.39, 0.29) is 0 Å². The van der Waals surface area contributed by atoms with E-state index in [9.17, 15) is 0 Å². The van der Waals surface area contributed by atoms with Gasteiger partial charge in [-0.1, -0.05) is 15.9 Å². The summed E-state index contributed by atoms with van der Waals surface area (Å²) in [5, 5.41) is 0. The molecule has 0 amide bonds. The second-order valence-corrected chi connectivity index (χ2v) is 4.68.